The minimum Gasteiger partial charge on any atom is -0.480 e. The molecule has 0 aliphatic heterocycles. The minimum atomic E-state index is -1.29. The summed E-state index contributed by atoms with van der Waals surface area (Å²) in [7, 11) is 0. The fraction of sp³-hybridized carbons (Fsp3) is 0.909. The third-order valence-electron chi connectivity index (χ3n) is 4.83. The molecule has 0 aromatic heterocycles. The van der Waals surface area contributed by atoms with Gasteiger partial charge in [0.05, 0.1) is 26.4 Å². The Morgan fingerprint density at radius 2 is 0.968 bits per heavy atom. The van der Waals surface area contributed by atoms with Crippen molar-refractivity contribution in [1.82, 2.24) is 0 Å². The summed E-state index contributed by atoms with van der Waals surface area (Å²) in [5, 5.41) is 19.5. The number of carboxylic acid groups (broad SMARTS) is 2. The molecule has 0 spiro atoms. The summed E-state index contributed by atoms with van der Waals surface area (Å²) in [6.07, 6.45) is 4.51. The molecule has 0 aromatic carbocycles. The maximum atomic E-state index is 11.9. The molecule has 31 heavy (non-hydrogen) atoms. The average Bonchev–Trinajstić information content (AvgIpc) is 2.71. The molecule has 0 fully saturated rings. The van der Waals surface area contributed by atoms with Crippen LogP contribution in [0.25, 0.3) is 0 Å². The Kier molecular flexibility index (Phi) is 17.2. The SMILES string of the molecule is CCCCOCCOCCC(C)(SC(C)(CCOCCOCCCC)C(=O)O)C(=O)O. The van der Waals surface area contributed by atoms with E-state index >= 15 is 0 Å². The number of carbonyl (C=O) groups is 2. The van der Waals surface area contributed by atoms with E-state index in [4.69, 9.17) is 18.9 Å². The summed E-state index contributed by atoms with van der Waals surface area (Å²) in [5.74, 6) is -2.11. The zero-order chi connectivity index (χ0) is 23.6. The Labute approximate surface area is 191 Å². The van der Waals surface area contributed by atoms with Gasteiger partial charge in [-0.3, -0.25) is 9.59 Å². The molecule has 0 bridgehead atoms. The van der Waals surface area contributed by atoms with Crippen LogP contribution in [-0.2, 0) is 28.5 Å². The highest BCUT2D eigenvalue weighted by molar-refractivity contribution is 8.03. The Balaban J connectivity index is 4.47. The quantitative estimate of drug-likeness (QED) is 0.230. The summed E-state index contributed by atoms with van der Waals surface area (Å²) in [6.45, 7) is 10.8. The van der Waals surface area contributed by atoms with Crippen LogP contribution >= 0.6 is 11.8 Å². The number of unbranched alkanes of at least 4 members (excludes halogenated alkanes) is 2. The number of hydrogen-bond donors (Lipinski definition) is 2. The zero-order valence-corrected chi connectivity index (χ0v) is 20.5. The van der Waals surface area contributed by atoms with Crippen LogP contribution in [0.5, 0.6) is 0 Å². The van der Waals surface area contributed by atoms with Crippen LogP contribution in [0.2, 0.25) is 0 Å². The van der Waals surface area contributed by atoms with E-state index in [0.717, 1.165) is 37.4 Å². The summed E-state index contributed by atoms with van der Waals surface area (Å²) in [4.78, 5) is 23.8. The summed E-state index contributed by atoms with van der Waals surface area (Å²) >= 11 is 0.939. The maximum Gasteiger partial charge on any atom is 0.319 e. The first kappa shape index (κ1) is 30.1. The summed E-state index contributed by atoms with van der Waals surface area (Å²) in [5.41, 5.74) is 0. The standard InChI is InChI=1S/C22H42O8S/c1-5-7-11-27-15-17-29-13-9-21(3,19(23)24)31-22(4,20(25)26)10-14-30-18-16-28-12-8-6-2/h5-18H2,1-4H3,(H,23,24)(H,25,26). The van der Waals surface area contributed by atoms with Gasteiger partial charge in [0.2, 0.25) is 0 Å². The second-order valence-corrected chi connectivity index (χ2v) is 9.84. The number of rotatable bonds is 22. The number of carboxylic acids is 2. The van der Waals surface area contributed by atoms with Gasteiger partial charge in [0.25, 0.3) is 0 Å². The molecule has 0 heterocycles. The first-order valence-corrected chi connectivity index (χ1v) is 12.0. The maximum absolute atomic E-state index is 11.9. The molecule has 0 rings (SSSR count). The number of thioether (sulfide) groups is 1. The fourth-order valence-electron chi connectivity index (χ4n) is 2.57. The molecular weight excluding hydrogens is 424 g/mol. The molecule has 0 saturated heterocycles. The summed E-state index contributed by atoms with van der Waals surface area (Å²) < 4.78 is 19.2. The number of ether oxygens (including phenoxy) is 4. The molecule has 184 valence electrons. The van der Waals surface area contributed by atoms with Crippen molar-refractivity contribution in [1.29, 1.82) is 0 Å². The largest absolute Gasteiger partial charge is 0.480 e. The molecule has 2 N–H and O–H groups in total. The number of hydrogen-bond acceptors (Lipinski definition) is 7. The van der Waals surface area contributed by atoms with Crippen molar-refractivity contribution in [2.45, 2.75) is 75.7 Å². The molecule has 0 saturated carbocycles. The normalized spacial score (nSPS) is 15.4. The van der Waals surface area contributed by atoms with Crippen molar-refractivity contribution in [3.63, 3.8) is 0 Å². The van der Waals surface area contributed by atoms with Gasteiger partial charge in [-0.15, -0.1) is 11.8 Å². The molecule has 8 nitrogen and oxygen atoms in total. The van der Waals surface area contributed by atoms with Crippen LogP contribution < -0.4 is 0 Å². The third kappa shape index (κ3) is 14.0. The van der Waals surface area contributed by atoms with Crippen molar-refractivity contribution in [3.8, 4) is 0 Å². The lowest BCUT2D eigenvalue weighted by molar-refractivity contribution is -0.140. The minimum absolute atomic E-state index is 0.191. The van der Waals surface area contributed by atoms with E-state index in [1.807, 2.05) is 0 Å². The molecule has 2 unspecified atom stereocenters. The summed E-state index contributed by atoms with van der Waals surface area (Å²) in [6, 6.07) is 0. The number of aliphatic carboxylic acids is 2. The van der Waals surface area contributed by atoms with Crippen LogP contribution in [0.15, 0.2) is 0 Å². The van der Waals surface area contributed by atoms with Crippen LogP contribution in [-0.4, -0.2) is 84.5 Å². The van der Waals surface area contributed by atoms with Gasteiger partial charge in [-0.2, -0.15) is 0 Å². The lowest BCUT2D eigenvalue weighted by atomic mass is 10.1. The Bertz CT molecular complexity index is 448. The second-order valence-electron chi connectivity index (χ2n) is 7.83. The van der Waals surface area contributed by atoms with E-state index < -0.39 is 21.4 Å². The smallest absolute Gasteiger partial charge is 0.319 e. The highest BCUT2D eigenvalue weighted by Gasteiger charge is 2.45. The van der Waals surface area contributed by atoms with Gasteiger partial charge in [0.15, 0.2) is 0 Å². The fourth-order valence-corrected chi connectivity index (χ4v) is 4.11. The van der Waals surface area contributed by atoms with Crippen LogP contribution in [0.1, 0.15) is 66.2 Å². The topological polar surface area (TPSA) is 112 Å². The van der Waals surface area contributed by atoms with E-state index in [-0.39, 0.29) is 26.1 Å². The Morgan fingerprint density at radius 3 is 1.26 bits per heavy atom. The van der Waals surface area contributed by atoms with Crippen LogP contribution in [0.3, 0.4) is 0 Å². The molecule has 0 aromatic rings. The van der Waals surface area contributed by atoms with Crippen LogP contribution in [0.4, 0.5) is 0 Å². The first-order chi connectivity index (χ1) is 14.7. The second kappa shape index (κ2) is 17.7. The van der Waals surface area contributed by atoms with Gasteiger partial charge in [-0.25, -0.2) is 0 Å². The van der Waals surface area contributed by atoms with Gasteiger partial charge >= 0.3 is 11.9 Å². The van der Waals surface area contributed by atoms with Crippen molar-refractivity contribution >= 4 is 23.7 Å². The average molecular weight is 467 g/mol. The predicted molar refractivity (Wildman–Crippen MR) is 122 cm³/mol. The van der Waals surface area contributed by atoms with Crippen molar-refractivity contribution in [2.75, 3.05) is 52.9 Å². The zero-order valence-electron chi connectivity index (χ0n) is 19.7. The predicted octanol–water partition coefficient (Wildman–Crippen LogP) is 3.85. The van der Waals surface area contributed by atoms with E-state index in [0.29, 0.717) is 39.6 Å². The lowest BCUT2D eigenvalue weighted by Gasteiger charge is -2.33. The van der Waals surface area contributed by atoms with E-state index in [2.05, 4.69) is 13.8 Å². The van der Waals surface area contributed by atoms with Crippen molar-refractivity contribution in [2.24, 2.45) is 0 Å². The lowest BCUT2D eigenvalue weighted by Crippen LogP contribution is -2.43. The van der Waals surface area contributed by atoms with E-state index in [9.17, 15) is 19.8 Å². The van der Waals surface area contributed by atoms with Gasteiger partial charge in [0.1, 0.15) is 9.49 Å². The van der Waals surface area contributed by atoms with Gasteiger partial charge in [-0.1, -0.05) is 26.7 Å². The molecule has 0 radical (unpaired) electrons. The van der Waals surface area contributed by atoms with Gasteiger partial charge in [-0.05, 0) is 39.5 Å². The molecular formula is C22H42O8S. The van der Waals surface area contributed by atoms with E-state index in [1.165, 1.54) is 0 Å². The highest BCUT2D eigenvalue weighted by Crippen LogP contribution is 2.41. The Hall–Kier alpha value is -0.870. The monoisotopic (exact) mass is 466 g/mol. The van der Waals surface area contributed by atoms with Crippen molar-refractivity contribution < 1.29 is 38.7 Å². The molecule has 2 atom stereocenters. The van der Waals surface area contributed by atoms with Gasteiger partial charge < -0.3 is 29.2 Å². The molecule has 0 aliphatic carbocycles. The van der Waals surface area contributed by atoms with Crippen LogP contribution in [0, 0.1) is 0 Å². The third-order valence-corrected chi connectivity index (χ3v) is 6.49. The molecule has 0 aliphatic rings. The van der Waals surface area contributed by atoms with Crippen molar-refractivity contribution in [3.05, 3.63) is 0 Å². The molecule has 9 heteroatoms. The highest BCUT2D eigenvalue weighted by atomic mass is 32.2. The molecule has 0 amide bonds. The first-order valence-electron chi connectivity index (χ1n) is 11.2. The van der Waals surface area contributed by atoms with Gasteiger partial charge in [0, 0.05) is 26.4 Å². The Morgan fingerprint density at radius 1 is 0.645 bits per heavy atom. The van der Waals surface area contributed by atoms with E-state index in [1.54, 1.807) is 13.8 Å².